The van der Waals surface area contributed by atoms with Crippen LogP contribution in [-0.2, 0) is 7.05 Å². The monoisotopic (exact) mass is 329 g/mol. The number of rotatable bonds is 2. The van der Waals surface area contributed by atoms with Crippen LogP contribution in [0.1, 0.15) is 5.69 Å². The third-order valence-corrected chi connectivity index (χ3v) is 2.96. The maximum atomic E-state index is 5.87. The predicted molar refractivity (Wildman–Crippen MR) is 71.6 cm³/mol. The summed E-state index contributed by atoms with van der Waals surface area (Å²) in [5.74, 6) is 1.34. The molecule has 0 aliphatic rings. The summed E-state index contributed by atoms with van der Waals surface area (Å²) < 4.78 is 8.50. The largest absolute Gasteiger partial charge is 0.437 e. The molecule has 1 aromatic carbocycles. The first-order valence-corrected chi connectivity index (χ1v) is 5.88. The Morgan fingerprint density at radius 1 is 1.31 bits per heavy atom. The molecule has 0 aliphatic heterocycles. The van der Waals surface area contributed by atoms with Crippen molar-refractivity contribution in [1.82, 2.24) is 9.78 Å². The molecule has 5 heteroatoms. The molecule has 84 valence electrons. The van der Waals surface area contributed by atoms with E-state index in [9.17, 15) is 0 Å². The lowest BCUT2D eigenvalue weighted by Crippen LogP contribution is -1.96. The zero-order chi connectivity index (χ0) is 11.7. The first kappa shape index (κ1) is 11.3. The predicted octanol–water partition coefficient (Wildman–Crippen LogP) is 2.71. The lowest BCUT2D eigenvalue weighted by atomic mass is 10.3. The summed E-state index contributed by atoms with van der Waals surface area (Å²) in [5.41, 5.74) is 7.24. The Labute approximate surface area is 108 Å². The summed E-state index contributed by atoms with van der Waals surface area (Å²) in [5, 5.41) is 4.19. The van der Waals surface area contributed by atoms with E-state index < -0.39 is 0 Å². The average molecular weight is 329 g/mol. The van der Waals surface area contributed by atoms with Crippen LogP contribution in [0.5, 0.6) is 11.6 Å². The maximum absolute atomic E-state index is 5.87. The van der Waals surface area contributed by atoms with Crippen LogP contribution in [0.25, 0.3) is 0 Å². The van der Waals surface area contributed by atoms with Crippen molar-refractivity contribution in [3.05, 3.63) is 33.5 Å². The molecule has 0 bridgehead atoms. The third-order valence-electron chi connectivity index (χ3n) is 2.24. The van der Waals surface area contributed by atoms with Gasteiger partial charge in [0.15, 0.2) is 0 Å². The van der Waals surface area contributed by atoms with E-state index in [4.69, 9.17) is 10.5 Å². The number of aryl methyl sites for hydroxylation is 2. The molecule has 0 unspecified atom stereocenters. The minimum Gasteiger partial charge on any atom is -0.437 e. The van der Waals surface area contributed by atoms with Crippen LogP contribution < -0.4 is 10.5 Å². The van der Waals surface area contributed by atoms with Gasteiger partial charge in [0, 0.05) is 10.6 Å². The summed E-state index contributed by atoms with van der Waals surface area (Å²) in [6.45, 7) is 1.86. The van der Waals surface area contributed by atoms with Gasteiger partial charge in [0.2, 0.25) is 5.88 Å². The fourth-order valence-corrected chi connectivity index (χ4v) is 1.75. The molecule has 1 aromatic heterocycles. The number of aromatic nitrogens is 2. The van der Waals surface area contributed by atoms with Crippen LogP contribution in [0.3, 0.4) is 0 Å². The van der Waals surface area contributed by atoms with Crippen LogP contribution in [0.2, 0.25) is 0 Å². The van der Waals surface area contributed by atoms with Crippen molar-refractivity contribution in [1.29, 1.82) is 0 Å². The fraction of sp³-hybridized carbons (Fsp3) is 0.182. The van der Waals surface area contributed by atoms with Gasteiger partial charge in [-0.15, -0.1) is 0 Å². The quantitative estimate of drug-likeness (QED) is 0.862. The second kappa shape index (κ2) is 4.32. The van der Waals surface area contributed by atoms with Gasteiger partial charge in [-0.25, -0.2) is 4.68 Å². The topological polar surface area (TPSA) is 53.1 Å². The average Bonchev–Trinajstić information content (AvgIpc) is 2.48. The lowest BCUT2D eigenvalue weighted by molar-refractivity contribution is 0.432. The molecule has 2 N–H and O–H groups in total. The van der Waals surface area contributed by atoms with Crippen molar-refractivity contribution < 1.29 is 4.74 Å². The smallest absolute Gasteiger partial charge is 0.241 e. The molecule has 0 saturated carbocycles. The number of hydrogen-bond acceptors (Lipinski definition) is 3. The van der Waals surface area contributed by atoms with Crippen LogP contribution in [0, 0.1) is 10.5 Å². The molecule has 2 rings (SSSR count). The molecule has 0 aliphatic carbocycles. The van der Waals surface area contributed by atoms with Gasteiger partial charge < -0.3 is 10.5 Å². The van der Waals surface area contributed by atoms with Crippen molar-refractivity contribution in [2.24, 2.45) is 7.05 Å². The number of halogens is 1. The second-order valence-electron chi connectivity index (χ2n) is 3.48. The normalized spacial score (nSPS) is 10.4. The molecule has 0 amide bonds. The van der Waals surface area contributed by atoms with Gasteiger partial charge in [-0.3, -0.25) is 0 Å². The van der Waals surface area contributed by atoms with Gasteiger partial charge in [-0.2, -0.15) is 5.10 Å². The second-order valence-corrected chi connectivity index (χ2v) is 4.73. The summed E-state index contributed by atoms with van der Waals surface area (Å²) in [4.78, 5) is 0. The summed E-state index contributed by atoms with van der Waals surface area (Å²) in [7, 11) is 1.81. The molecule has 2 aromatic rings. The van der Waals surface area contributed by atoms with E-state index in [0.717, 1.165) is 11.4 Å². The van der Waals surface area contributed by atoms with Crippen LogP contribution in [-0.4, -0.2) is 9.78 Å². The van der Waals surface area contributed by atoms with Crippen molar-refractivity contribution in [3.8, 4) is 11.6 Å². The molecule has 4 nitrogen and oxygen atoms in total. The Morgan fingerprint density at radius 3 is 2.44 bits per heavy atom. The molecule has 0 radical (unpaired) electrons. The van der Waals surface area contributed by atoms with E-state index in [1.54, 1.807) is 4.68 Å². The van der Waals surface area contributed by atoms with E-state index in [1.165, 1.54) is 3.57 Å². The molecular formula is C11H12IN3O. The first-order valence-electron chi connectivity index (χ1n) is 4.80. The Hall–Kier alpha value is -1.24. The number of nitrogen functional groups attached to an aromatic ring is 1. The molecule has 0 spiro atoms. The first-order chi connectivity index (χ1) is 7.58. The van der Waals surface area contributed by atoms with Gasteiger partial charge in [-0.1, -0.05) is 0 Å². The minimum absolute atomic E-state index is 0.582. The van der Waals surface area contributed by atoms with E-state index in [1.807, 2.05) is 38.2 Å². The lowest BCUT2D eigenvalue weighted by Gasteiger charge is -2.06. The van der Waals surface area contributed by atoms with E-state index in [-0.39, 0.29) is 0 Å². The number of nitrogens with zero attached hydrogens (tertiary/aromatic N) is 2. The highest BCUT2D eigenvalue weighted by molar-refractivity contribution is 14.1. The van der Waals surface area contributed by atoms with E-state index in [2.05, 4.69) is 27.7 Å². The number of hydrogen-bond donors (Lipinski definition) is 1. The molecule has 1 heterocycles. The molecule has 16 heavy (non-hydrogen) atoms. The highest BCUT2D eigenvalue weighted by Gasteiger charge is 2.11. The van der Waals surface area contributed by atoms with Crippen LogP contribution in [0.4, 0.5) is 5.69 Å². The third kappa shape index (κ3) is 2.13. The molecule has 0 saturated heterocycles. The van der Waals surface area contributed by atoms with Crippen molar-refractivity contribution >= 4 is 28.3 Å². The van der Waals surface area contributed by atoms with E-state index >= 15 is 0 Å². The molecular weight excluding hydrogens is 317 g/mol. The number of anilines is 1. The van der Waals surface area contributed by atoms with Crippen molar-refractivity contribution in [2.45, 2.75) is 6.92 Å². The summed E-state index contributed by atoms with van der Waals surface area (Å²) in [6, 6.07) is 7.78. The molecule has 0 fully saturated rings. The van der Waals surface area contributed by atoms with E-state index in [0.29, 0.717) is 11.6 Å². The van der Waals surface area contributed by atoms with Gasteiger partial charge in [-0.05, 0) is 53.8 Å². The Bertz CT molecular complexity index is 505. The highest BCUT2D eigenvalue weighted by atomic mass is 127. The van der Waals surface area contributed by atoms with Gasteiger partial charge in [0.25, 0.3) is 0 Å². The number of nitrogens with two attached hydrogens (primary N) is 1. The van der Waals surface area contributed by atoms with Crippen LogP contribution in [0.15, 0.2) is 24.3 Å². The van der Waals surface area contributed by atoms with Gasteiger partial charge in [0.1, 0.15) is 11.4 Å². The fourth-order valence-electron chi connectivity index (χ4n) is 1.39. The summed E-state index contributed by atoms with van der Waals surface area (Å²) in [6.07, 6.45) is 0. The van der Waals surface area contributed by atoms with Crippen molar-refractivity contribution in [2.75, 3.05) is 5.73 Å². The maximum Gasteiger partial charge on any atom is 0.241 e. The Balaban J connectivity index is 2.30. The Morgan fingerprint density at radius 2 is 1.94 bits per heavy atom. The zero-order valence-corrected chi connectivity index (χ0v) is 11.2. The van der Waals surface area contributed by atoms with Crippen LogP contribution >= 0.6 is 22.6 Å². The molecule has 0 atom stereocenters. The standard InChI is InChI=1S/C11H12IN3O/c1-7-10(13)11(15(2)14-7)16-9-5-3-8(12)4-6-9/h3-6H,13H2,1-2H3. The minimum atomic E-state index is 0.582. The summed E-state index contributed by atoms with van der Waals surface area (Å²) >= 11 is 2.25. The van der Waals surface area contributed by atoms with Gasteiger partial charge in [0.05, 0.1) is 5.69 Å². The number of benzene rings is 1. The number of ether oxygens (including phenoxy) is 1. The Kier molecular flexibility index (Phi) is 3.04. The zero-order valence-electron chi connectivity index (χ0n) is 9.07. The van der Waals surface area contributed by atoms with Gasteiger partial charge >= 0.3 is 0 Å². The SMILES string of the molecule is Cc1nn(C)c(Oc2ccc(I)cc2)c1N. The van der Waals surface area contributed by atoms with Crippen molar-refractivity contribution in [3.63, 3.8) is 0 Å². The highest BCUT2D eigenvalue weighted by Crippen LogP contribution is 2.29.